The van der Waals surface area contributed by atoms with Gasteiger partial charge in [0.25, 0.3) is 0 Å². The zero-order valence-electron chi connectivity index (χ0n) is 26.5. The van der Waals surface area contributed by atoms with E-state index in [9.17, 15) is 0 Å². The largest absolute Gasteiger partial charge is 0.456 e. The Morgan fingerprint density at radius 1 is 0.347 bits per heavy atom. The van der Waals surface area contributed by atoms with Gasteiger partial charge in [-0.1, -0.05) is 115 Å². The van der Waals surface area contributed by atoms with Gasteiger partial charge in [0.05, 0.1) is 22.1 Å². The lowest BCUT2D eigenvalue weighted by Crippen LogP contribution is -1.96. The molecular formula is C46H28N2O. The Hall–Kier alpha value is -6.58. The molecule has 0 spiro atoms. The fourth-order valence-corrected chi connectivity index (χ4v) is 8.20. The molecule has 0 aliphatic heterocycles. The standard InChI is InChI=1S/C46H28N2O/c1-2-12-30-27-31(24-23-29(30)11-1)47-41-20-7-4-15-38(41)45-35(16-10-21-42(45)47)37-18-9-17-36-33-13-3-6-19-40(33)48(46(36)37)32-25-26-44-39(28-32)34-14-5-8-22-43(34)49-44/h1-28H. The first kappa shape index (κ1) is 26.5. The summed E-state index contributed by atoms with van der Waals surface area (Å²) < 4.78 is 11.1. The van der Waals surface area contributed by atoms with E-state index in [1.165, 1.54) is 65.5 Å². The summed E-state index contributed by atoms with van der Waals surface area (Å²) in [6, 6.07) is 61.4. The molecule has 0 radical (unpaired) electrons. The summed E-state index contributed by atoms with van der Waals surface area (Å²) in [5, 5.41) is 9.71. The third-order valence-corrected chi connectivity index (χ3v) is 10.3. The van der Waals surface area contributed by atoms with E-state index in [0.717, 1.165) is 33.3 Å². The first-order chi connectivity index (χ1) is 24.3. The molecule has 0 aliphatic carbocycles. The second-order valence-electron chi connectivity index (χ2n) is 12.9. The van der Waals surface area contributed by atoms with Crippen LogP contribution in [0.4, 0.5) is 0 Å². The summed E-state index contributed by atoms with van der Waals surface area (Å²) in [5.74, 6) is 0. The average Bonchev–Trinajstić information content (AvgIpc) is 3.82. The van der Waals surface area contributed by atoms with E-state index < -0.39 is 0 Å². The zero-order valence-corrected chi connectivity index (χ0v) is 26.5. The second-order valence-corrected chi connectivity index (χ2v) is 12.9. The fraction of sp³-hybridized carbons (Fsp3) is 0. The molecule has 0 amide bonds. The summed E-state index contributed by atoms with van der Waals surface area (Å²) in [4.78, 5) is 0. The van der Waals surface area contributed by atoms with E-state index >= 15 is 0 Å². The van der Waals surface area contributed by atoms with Crippen LogP contribution in [0.15, 0.2) is 174 Å². The van der Waals surface area contributed by atoms with Gasteiger partial charge in [0.15, 0.2) is 0 Å². The van der Waals surface area contributed by atoms with Crippen LogP contribution in [0.2, 0.25) is 0 Å². The number of nitrogens with zero attached hydrogens (tertiary/aromatic N) is 2. The number of hydrogen-bond donors (Lipinski definition) is 0. The molecule has 0 atom stereocenters. The first-order valence-electron chi connectivity index (χ1n) is 16.8. The van der Waals surface area contributed by atoms with Crippen molar-refractivity contribution in [3.05, 3.63) is 170 Å². The highest BCUT2D eigenvalue weighted by molar-refractivity contribution is 6.21. The maximum absolute atomic E-state index is 6.23. The van der Waals surface area contributed by atoms with Crippen LogP contribution in [0.25, 0.3) is 98.8 Å². The van der Waals surface area contributed by atoms with Gasteiger partial charge in [-0.2, -0.15) is 0 Å². The number of benzene rings is 8. The lowest BCUT2D eigenvalue weighted by atomic mass is 9.97. The number of aromatic nitrogens is 2. The zero-order chi connectivity index (χ0) is 32.1. The van der Waals surface area contributed by atoms with Gasteiger partial charge in [0.2, 0.25) is 0 Å². The highest BCUT2D eigenvalue weighted by atomic mass is 16.3. The van der Waals surface area contributed by atoms with Gasteiger partial charge in [-0.15, -0.1) is 0 Å². The number of rotatable bonds is 3. The minimum atomic E-state index is 0.900. The van der Waals surface area contributed by atoms with E-state index in [0.29, 0.717) is 0 Å². The summed E-state index contributed by atoms with van der Waals surface area (Å²) in [6.45, 7) is 0. The molecule has 0 aliphatic rings. The first-order valence-corrected chi connectivity index (χ1v) is 16.8. The summed E-state index contributed by atoms with van der Waals surface area (Å²) in [7, 11) is 0. The van der Waals surface area contributed by atoms with E-state index in [1.807, 2.05) is 12.1 Å². The number of fused-ring (bicyclic) bond motifs is 10. The maximum atomic E-state index is 6.23. The highest BCUT2D eigenvalue weighted by Gasteiger charge is 2.21. The van der Waals surface area contributed by atoms with Crippen LogP contribution < -0.4 is 0 Å². The van der Waals surface area contributed by atoms with Gasteiger partial charge in [-0.25, -0.2) is 0 Å². The van der Waals surface area contributed by atoms with Gasteiger partial charge in [-0.05, 0) is 70.9 Å². The van der Waals surface area contributed by atoms with Gasteiger partial charge in [0, 0.05) is 49.3 Å². The lowest BCUT2D eigenvalue weighted by Gasteiger charge is -2.13. The van der Waals surface area contributed by atoms with Crippen LogP contribution in [0.1, 0.15) is 0 Å². The Balaban J connectivity index is 1.24. The van der Waals surface area contributed by atoms with Crippen molar-refractivity contribution in [3.63, 3.8) is 0 Å². The van der Waals surface area contributed by atoms with Crippen molar-refractivity contribution < 1.29 is 4.42 Å². The molecule has 49 heavy (non-hydrogen) atoms. The number of hydrogen-bond acceptors (Lipinski definition) is 1. The van der Waals surface area contributed by atoms with Crippen molar-refractivity contribution >= 4 is 76.3 Å². The molecule has 3 nitrogen and oxygen atoms in total. The monoisotopic (exact) mass is 624 g/mol. The van der Waals surface area contributed by atoms with Gasteiger partial charge >= 0.3 is 0 Å². The van der Waals surface area contributed by atoms with Crippen molar-refractivity contribution in [2.24, 2.45) is 0 Å². The second kappa shape index (κ2) is 9.96. The normalized spacial score (nSPS) is 12.1. The molecule has 3 heterocycles. The van der Waals surface area contributed by atoms with E-state index in [2.05, 4.69) is 167 Å². The summed E-state index contributed by atoms with van der Waals surface area (Å²) in [6.07, 6.45) is 0. The molecule has 0 bridgehead atoms. The molecule has 11 rings (SSSR count). The van der Waals surface area contributed by atoms with Gasteiger partial charge < -0.3 is 13.6 Å². The molecule has 11 aromatic rings. The quantitative estimate of drug-likeness (QED) is 0.192. The van der Waals surface area contributed by atoms with Crippen LogP contribution in [0, 0.1) is 0 Å². The summed E-state index contributed by atoms with van der Waals surface area (Å²) >= 11 is 0. The molecule has 8 aromatic carbocycles. The van der Waals surface area contributed by atoms with Crippen molar-refractivity contribution in [1.29, 1.82) is 0 Å². The predicted molar refractivity (Wildman–Crippen MR) is 205 cm³/mol. The van der Waals surface area contributed by atoms with Crippen LogP contribution in [0.5, 0.6) is 0 Å². The van der Waals surface area contributed by atoms with Crippen LogP contribution in [-0.2, 0) is 0 Å². The van der Waals surface area contributed by atoms with Crippen molar-refractivity contribution in [2.45, 2.75) is 0 Å². The third kappa shape index (κ3) is 3.73. The SMILES string of the molecule is c1ccc2cc(-n3c4ccccc4c4c(-c5cccc6c7ccccc7n(-c7ccc8oc9ccccc9c8c7)c56)cccc43)ccc2c1. The molecular weight excluding hydrogens is 597 g/mol. The Morgan fingerprint density at radius 2 is 0.959 bits per heavy atom. The molecule has 0 fully saturated rings. The lowest BCUT2D eigenvalue weighted by molar-refractivity contribution is 0.669. The Morgan fingerprint density at radius 3 is 1.86 bits per heavy atom. The smallest absolute Gasteiger partial charge is 0.135 e. The van der Waals surface area contributed by atoms with Crippen LogP contribution >= 0.6 is 0 Å². The van der Waals surface area contributed by atoms with E-state index in [-0.39, 0.29) is 0 Å². The van der Waals surface area contributed by atoms with Crippen molar-refractivity contribution in [2.75, 3.05) is 0 Å². The minimum Gasteiger partial charge on any atom is -0.456 e. The van der Waals surface area contributed by atoms with Crippen LogP contribution in [-0.4, -0.2) is 9.13 Å². The molecule has 0 unspecified atom stereocenters. The van der Waals surface area contributed by atoms with Gasteiger partial charge in [-0.3, -0.25) is 0 Å². The van der Waals surface area contributed by atoms with E-state index in [1.54, 1.807) is 0 Å². The molecule has 228 valence electrons. The molecule has 3 aromatic heterocycles. The molecule has 0 N–H and O–H groups in total. The molecule has 3 heteroatoms. The highest BCUT2D eigenvalue weighted by Crippen LogP contribution is 2.44. The predicted octanol–water partition coefficient (Wildman–Crippen LogP) is 12.6. The molecule has 0 saturated heterocycles. The Kier molecular flexibility index (Phi) is 5.38. The van der Waals surface area contributed by atoms with E-state index in [4.69, 9.17) is 4.42 Å². The summed E-state index contributed by atoms with van der Waals surface area (Å²) in [5.41, 5.74) is 11.3. The van der Waals surface area contributed by atoms with Crippen molar-refractivity contribution in [1.82, 2.24) is 9.13 Å². The average molecular weight is 625 g/mol. The third-order valence-electron chi connectivity index (χ3n) is 10.3. The Bertz CT molecular complexity index is 3120. The van der Waals surface area contributed by atoms with Crippen molar-refractivity contribution in [3.8, 4) is 22.5 Å². The molecule has 0 saturated carbocycles. The maximum Gasteiger partial charge on any atom is 0.135 e. The number of furan rings is 1. The fourth-order valence-electron chi connectivity index (χ4n) is 8.20. The van der Waals surface area contributed by atoms with Crippen LogP contribution in [0.3, 0.4) is 0 Å². The topological polar surface area (TPSA) is 23.0 Å². The van der Waals surface area contributed by atoms with Gasteiger partial charge in [0.1, 0.15) is 11.2 Å². The number of para-hydroxylation sites is 4. The minimum absolute atomic E-state index is 0.900. The Labute approximate surface area is 281 Å².